The Labute approximate surface area is 190 Å². The molecule has 0 N–H and O–H groups in total. The van der Waals surface area contributed by atoms with Crippen LogP contribution >= 0.6 is 11.3 Å². The lowest BCUT2D eigenvalue weighted by atomic mass is 10.2. The monoisotopic (exact) mass is 454 g/mol. The maximum Gasteiger partial charge on any atom is 0.326 e. The van der Waals surface area contributed by atoms with Crippen LogP contribution in [0.5, 0.6) is 11.5 Å². The van der Waals surface area contributed by atoms with Gasteiger partial charge in [0.1, 0.15) is 6.54 Å². The fourth-order valence-corrected chi connectivity index (χ4v) is 4.27. The highest BCUT2D eigenvalue weighted by Crippen LogP contribution is 2.28. The molecule has 0 unspecified atom stereocenters. The van der Waals surface area contributed by atoms with E-state index in [9.17, 15) is 9.59 Å². The van der Waals surface area contributed by atoms with Crippen LogP contribution in [0.4, 0.5) is 0 Å². The third-order valence-corrected chi connectivity index (χ3v) is 5.82. The zero-order chi connectivity index (χ0) is 23.1. The minimum Gasteiger partial charge on any atom is -0.493 e. The van der Waals surface area contributed by atoms with Gasteiger partial charge in [-0.1, -0.05) is 30.4 Å². The van der Waals surface area contributed by atoms with E-state index in [2.05, 4.69) is 18.0 Å². The lowest BCUT2D eigenvalue weighted by Gasteiger charge is -2.07. The lowest BCUT2D eigenvalue weighted by Crippen LogP contribution is -2.22. The molecule has 1 amide bonds. The van der Waals surface area contributed by atoms with Gasteiger partial charge in [-0.05, 0) is 54.8 Å². The van der Waals surface area contributed by atoms with Gasteiger partial charge < -0.3 is 18.8 Å². The van der Waals surface area contributed by atoms with Gasteiger partial charge in [-0.15, -0.1) is 0 Å². The van der Waals surface area contributed by atoms with Gasteiger partial charge in [0.25, 0.3) is 5.91 Å². The minimum absolute atomic E-state index is 0.00911. The molecule has 7 nitrogen and oxygen atoms in total. The van der Waals surface area contributed by atoms with Crippen molar-refractivity contribution in [2.75, 3.05) is 20.8 Å². The van der Waals surface area contributed by atoms with Crippen molar-refractivity contribution in [3.63, 3.8) is 0 Å². The van der Waals surface area contributed by atoms with Crippen LogP contribution in [0.25, 0.3) is 16.3 Å². The van der Waals surface area contributed by atoms with Gasteiger partial charge in [0, 0.05) is 6.08 Å². The number of methoxy groups -OCH3 is 2. The second-order valence-electron chi connectivity index (χ2n) is 6.83. The number of rotatable bonds is 8. The van der Waals surface area contributed by atoms with Crippen LogP contribution in [0, 0.1) is 0 Å². The zero-order valence-corrected chi connectivity index (χ0v) is 19.4. The molecule has 8 heteroatoms. The van der Waals surface area contributed by atoms with E-state index in [4.69, 9.17) is 14.2 Å². The van der Waals surface area contributed by atoms with Crippen LogP contribution in [-0.2, 0) is 27.3 Å². The van der Waals surface area contributed by atoms with E-state index >= 15 is 0 Å². The standard InChI is InChI=1S/C24H26N2O5S/c1-5-16-7-10-18-21(14-16)32-24(26(18)15-23(28)31-6-2)25-22(27)12-9-17-8-11-19(29-3)20(13-17)30-4/h7-14H,5-6,15H2,1-4H3. The van der Waals surface area contributed by atoms with Crippen molar-refractivity contribution in [2.24, 2.45) is 4.99 Å². The van der Waals surface area contributed by atoms with E-state index < -0.39 is 5.91 Å². The summed E-state index contributed by atoms with van der Waals surface area (Å²) >= 11 is 1.37. The van der Waals surface area contributed by atoms with Crippen molar-refractivity contribution in [3.05, 3.63) is 58.4 Å². The summed E-state index contributed by atoms with van der Waals surface area (Å²) in [4.78, 5) is 29.4. The Morgan fingerprint density at radius 2 is 1.84 bits per heavy atom. The van der Waals surface area contributed by atoms with Gasteiger partial charge in [0.2, 0.25) is 0 Å². The molecule has 0 aliphatic carbocycles. The first-order chi connectivity index (χ1) is 15.5. The molecule has 1 heterocycles. The van der Waals surface area contributed by atoms with E-state index in [1.807, 2.05) is 18.2 Å². The molecule has 3 rings (SSSR count). The Balaban J connectivity index is 1.96. The Hall–Kier alpha value is -3.39. The largest absolute Gasteiger partial charge is 0.493 e. The number of hydrogen-bond acceptors (Lipinski definition) is 6. The number of thiazole rings is 1. The first-order valence-electron chi connectivity index (χ1n) is 10.3. The molecule has 0 fully saturated rings. The second kappa shape index (κ2) is 10.8. The second-order valence-corrected chi connectivity index (χ2v) is 7.84. The number of benzene rings is 2. The molecule has 2 aromatic carbocycles. The van der Waals surface area contributed by atoms with E-state index in [-0.39, 0.29) is 12.5 Å². The van der Waals surface area contributed by atoms with Crippen molar-refractivity contribution >= 4 is 39.5 Å². The molecule has 3 aromatic rings. The Morgan fingerprint density at radius 3 is 2.53 bits per heavy atom. The van der Waals surface area contributed by atoms with Gasteiger partial charge in [-0.2, -0.15) is 4.99 Å². The third-order valence-electron chi connectivity index (χ3n) is 4.78. The van der Waals surface area contributed by atoms with Gasteiger partial charge in [-0.25, -0.2) is 0 Å². The lowest BCUT2D eigenvalue weighted by molar-refractivity contribution is -0.143. The molecule has 1 aromatic heterocycles. The Kier molecular flexibility index (Phi) is 7.83. The fraction of sp³-hybridized carbons (Fsp3) is 0.292. The summed E-state index contributed by atoms with van der Waals surface area (Å²) in [5.41, 5.74) is 2.79. The summed E-state index contributed by atoms with van der Waals surface area (Å²) in [5, 5.41) is 0. The SMILES string of the molecule is CCOC(=O)Cn1c(=NC(=O)C=Cc2ccc(OC)c(OC)c2)sc2cc(CC)ccc21. The molecule has 0 saturated carbocycles. The van der Waals surface area contributed by atoms with Crippen LogP contribution in [0.3, 0.4) is 0 Å². The predicted octanol–water partition coefficient (Wildman–Crippen LogP) is 3.99. The van der Waals surface area contributed by atoms with Crippen molar-refractivity contribution in [1.82, 2.24) is 4.57 Å². The number of amides is 1. The average molecular weight is 455 g/mol. The number of nitrogens with zero attached hydrogens (tertiary/aromatic N) is 2. The van der Waals surface area contributed by atoms with Gasteiger partial charge in [-0.3, -0.25) is 9.59 Å². The van der Waals surface area contributed by atoms with Gasteiger partial charge in [0.05, 0.1) is 31.0 Å². The number of hydrogen-bond donors (Lipinski definition) is 0. The topological polar surface area (TPSA) is 79.1 Å². The average Bonchev–Trinajstić information content (AvgIpc) is 3.13. The molecule has 0 radical (unpaired) electrons. The fourth-order valence-electron chi connectivity index (χ4n) is 3.17. The van der Waals surface area contributed by atoms with Crippen molar-refractivity contribution in [3.8, 4) is 11.5 Å². The number of carbonyl (C=O) groups excluding carboxylic acids is 2. The van der Waals surface area contributed by atoms with E-state index in [1.54, 1.807) is 43.9 Å². The molecule has 0 aliphatic rings. The summed E-state index contributed by atoms with van der Waals surface area (Å²) in [6, 6.07) is 11.4. The highest BCUT2D eigenvalue weighted by molar-refractivity contribution is 7.16. The molecule has 32 heavy (non-hydrogen) atoms. The molecule has 0 aliphatic heterocycles. The molecular weight excluding hydrogens is 428 g/mol. The molecule has 0 bridgehead atoms. The summed E-state index contributed by atoms with van der Waals surface area (Å²) in [7, 11) is 3.12. The first-order valence-corrected chi connectivity index (χ1v) is 11.1. The predicted molar refractivity (Wildman–Crippen MR) is 125 cm³/mol. The van der Waals surface area contributed by atoms with Crippen molar-refractivity contribution in [2.45, 2.75) is 26.8 Å². The highest BCUT2D eigenvalue weighted by atomic mass is 32.1. The quantitative estimate of drug-likeness (QED) is 0.380. The maximum atomic E-state index is 12.6. The number of aromatic nitrogens is 1. The van der Waals surface area contributed by atoms with E-state index in [0.717, 1.165) is 22.2 Å². The van der Waals surface area contributed by atoms with Crippen LogP contribution < -0.4 is 14.3 Å². The molecule has 0 saturated heterocycles. The summed E-state index contributed by atoms with van der Waals surface area (Å²) < 4.78 is 18.3. The molecule has 0 atom stereocenters. The Bertz CT molecular complexity index is 1220. The van der Waals surface area contributed by atoms with Crippen molar-refractivity contribution in [1.29, 1.82) is 0 Å². The first kappa shape index (κ1) is 23.3. The van der Waals surface area contributed by atoms with Gasteiger partial charge in [0.15, 0.2) is 16.3 Å². The normalized spacial score (nSPS) is 11.8. The summed E-state index contributed by atoms with van der Waals surface area (Å²) in [6.45, 7) is 4.12. The van der Waals surface area contributed by atoms with E-state index in [1.165, 1.54) is 23.0 Å². The van der Waals surface area contributed by atoms with Crippen LogP contribution in [0.1, 0.15) is 25.0 Å². The number of fused-ring (bicyclic) bond motifs is 1. The zero-order valence-electron chi connectivity index (χ0n) is 18.6. The minimum atomic E-state index is -0.431. The summed E-state index contributed by atoms with van der Waals surface area (Å²) in [6.07, 6.45) is 3.94. The molecule has 0 spiro atoms. The van der Waals surface area contributed by atoms with Crippen LogP contribution in [-0.4, -0.2) is 37.3 Å². The van der Waals surface area contributed by atoms with Gasteiger partial charge >= 0.3 is 5.97 Å². The Morgan fingerprint density at radius 1 is 1.06 bits per heavy atom. The summed E-state index contributed by atoms with van der Waals surface area (Å²) in [5.74, 6) is 0.376. The third kappa shape index (κ3) is 5.45. The van der Waals surface area contributed by atoms with Crippen LogP contribution in [0.2, 0.25) is 0 Å². The van der Waals surface area contributed by atoms with Crippen molar-refractivity contribution < 1.29 is 23.8 Å². The number of ether oxygens (including phenoxy) is 3. The van der Waals surface area contributed by atoms with E-state index in [0.29, 0.717) is 22.9 Å². The van der Waals surface area contributed by atoms with Crippen LogP contribution in [0.15, 0.2) is 47.5 Å². The number of aryl methyl sites for hydroxylation is 1. The molecule has 168 valence electrons. The smallest absolute Gasteiger partial charge is 0.326 e. The highest BCUT2D eigenvalue weighted by Gasteiger charge is 2.12. The molecular formula is C24H26N2O5S. The number of esters is 1. The maximum absolute atomic E-state index is 12.6. The number of carbonyl (C=O) groups is 2.